The van der Waals surface area contributed by atoms with Gasteiger partial charge in [-0.25, -0.2) is 19.0 Å². The van der Waals surface area contributed by atoms with Crippen molar-refractivity contribution in [2.75, 3.05) is 17.2 Å². The summed E-state index contributed by atoms with van der Waals surface area (Å²) in [6.07, 6.45) is 2.78. The lowest BCUT2D eigenvalue weighted by Gasteiger charge is -2.16. The van der Waals surface area contributed by atoms with Crippen molar-refractivity contribution in [3.8, 4) is 5.75 Å². The van der Waals surface area contributed by atoms with Gasteiger partial charge in [0.15, 0.2) is 5.78 Å². The molecule has 1 aromatic heterocycles. The summed E-state index contributed by atoms with van der Waals surface area (Å²) in [5, 5.41) is 8.57. The summed E-state index contributed by atoms with van der Waals surface area (Å²) in [6, 6.07) is 11.8. The zero-order chi connectivity index (χ0) is 27.2. The number of Topliss-reactive ketones (excluding diaryl/α,β-unsaturated/α-hetero) is 1. The van der Waals surface area contributed by atoms with Gasteiger partial charge in [-0.2, -0.15) is 0 Å². The maximum Gasteiger partial charge on any atom is 0.343 e. The molecule has 198 valence electrons. The van der Waals surface area contributed by atoms with Crippen molar-refractivity contribution in [1.82, 2.24) is 10.3 Å². The maximum absolute atomic E-state index is 15.2. The lowest BCUT2D eigenvalue weighted by atomic mass is 9.99. The van der Waals surface area contributed by atoms with Gasteiger partial charge in [0.05, 0.1) is 11.1 Å². The fourth-order valence-electron chi connectivity index (χ4n) is 4.17. The van der Waals surface area contributed by atoms with Crippen molar-refractivity contribution < 1.29 is 23.5 Å². The number of urea groups is 1. The Hall–Kier alpha value is -3.79. The quantitative estimate of drug-likeness (QED) is 0.147. The molecule has 3 aromatic rings. The van der Waals surface area contributed by atoms with Crippen LogP contribution in [-0.4, -0.2) is 35.4 Å². The normalized spacial score (nSPS) is 15.9. The van der Waals surface area contributed by atoms with E-state index < -0.39 is 29.8 Å². The Kier molecular flexibility index (Phi) is 8.73. The molecule has 38 heavy (non-hydrogen) atoms. The fraction of sp³-hybridized carbons (Fsp3) is 0.286. The van der Waals surface area contributed by atoms with E-state index >= 15 is 4.39 Å². The summed E-state index contributed by atoms with van der Waals surface area (Å²) in [4.78, 5) is 42.6. The van der Waals surface area contributed by atoms with Crippen molar-refractivity contribution >= 4 is 45.2 Å². The number of ether oxygens (including phenoxy) is 1. The molecule has 0 aliphatic heterocycles. The average Bonchev–Trinajstić information content (AvgIpc) is 3.64. The van der Waals surface area contributed by atoms with Gasteiger partial charge in [-0.05, 0) is 78.2 Å². The number of benzene rings is 2. The Bertz CT molecular complexity index is 1350. The van der Waals surface area contributed by atoms with Crippen LogP contribution in [0, 0.1) is 5.82 Å². The van der Waals surface area contributed by atoms with Crippen molar-refractivity contribution in [3.63, 3.8) is 0 Å². The van der Waals surface area contributed by atoms with Gasteiger partial charge in [0.1, 0.15) is 17.4 Å². The molecule has 8 nitrogen and oxygen atoms in total. The molecule has 10 heteroatoms. The summed E-state index contributed by atoms with van der Waals surface area (Å²) in [6.45, 7) is 4.47. The molecule has 0 bridgehead atoms. The molecule has 2 aromatic carbocycles. The second kappa shape index (κ2) is 12.2. The monoisotopic (exact) mass is 582 g/mol. The molecular formula is C28H28BrFN4O4. The average molecular weight is 583 g/mol. The highest BCUT2D eigenvalue weighted by Gasteiger charge is 2.44. The van der Waals surface area contributed by atoms with Crippen LogP contribution in [0.25, 0.3) is 0 Å². The maximum atomic E-state index is 15.2. The first-order valence-corrected chi connectivity index (χ1v) is 13.2. The number of carbonyl (C=O) groups excluding carboxylic acids is 3. The Balaban J connectivity index is 1.58. The Morgan fingerprint density at radius 2 is 1.95 bits per heavy atom. The molecule has 1 saturated carbocycles. The fourth-order valence-corrected chi connectivity index (χ4v) is 4.40. The van der Waals surface area contributed by atoms with E-state index in [9.17, 15) is 14.4 Å². The first-order valence-electron chi connectivity index (χ1n) is 12.4. The smallest absolute Gasteiger partial charge is 0.343 e. The van der Waals surface area contributed by atoms with Gasteiger partial charge in [-0.1, -0.05) is 13.0 Å². The first-order chi connectivity index (χ1) is 18.3. The molecule has 1 heterocycles. The van der Waals surface area contributed by atoms with Crippen LogP contribution in [0.4, 0.5) is 20.7 Å². The molecule has 3 N–H and O–H groups in total. The van der Waals surface area contributed by atoms with E-state index in [0.29, 0.717) is 25.2 Å². The second-order valence-electron chi connectivity index (χ2n) is 8.92. The first kappa shape index (κ1) is 27.3. The topological polar surface area (TPSA) is 109 Å². The van der Waals surface area contributed by atoms with Crippen LogP contribution in [0.15, 0.2) is 59.2 Å². The lowest BCUT2D eigenvalue weighted by Crippen LogP contribution is -2.31. The molecule has 1 fully saturated rings. The van der Waals surface area contributed by atoms with Gasteiger partial charge in [-0.3, -0.25) is 10.1 Å². The summed E-state index contributed by atoms with van der Waals surface area (Å²) < 4.78 is 21.7. The number of aromatic nitrogens is 1. The molecular weight excluding hydrogens is 555 g/mol. The van der Waals surface area contributed by atoms with Gasteiger partial charge in [0.2, 0.25) is 0 Å². The number of nitrogens with zero attached hydrogens (tertiary/aromatic N) is 1. The number of halogens is 2. The minimum Gasteiger partial charge on any atom is -0.422 e. The van der Waals surface area contributed by atoms with Crippen LogP contribution in [0.2, 0.25) is 0 Å². The molecule has 0 saturated heterocycles. The Labute approximate surface area is 228 Å². The second-order valence-corrected chi connectivity index (χ2v) is 9.84. The number of ketones is 1. The minimum atomic E-state index is -0.702. The van der Waals surface area contributed by atoms with Crippen LogP contribution < -0.4 is 20.7 Å². The van der Waals surface area contributed by atoms with Crippen molar-refractivity contribution in [3.05, 3.63) is 81.7 Å². The number of esters is 1. The van der Waals surface area contributed by atoms with Crippen LogP contribution in [0.3, 0.4) is 0 Å². The van der Waals surface area contributed by atoms with Crippen molar-refractivity contribution in [1.29, 1.82) is 0 Å². The van der Waals surface area contributed by atoms with Gasteiger partial charge >= 0.3 is 12.0 Å². The molecule has 0 radical (unpaired) electrons. The van der Waals surface area contributed by atoms with Crippen LogP contribution in [0.5, 0.6) is 5.75 Å². The zero-order valence-electron chi connectivity index (χ0n) is 21.0. The van der Waals surface area contributed by atoms with E-state index in [2.05, 4.69) is 36.9 Å². The van der Waals surface area contributed by atoms with Gasteiger partial charge in [0.25, 0.3) is 0 Å². The number of anilines is 2. The van der Waals surface area contributed by atoms with Gasteiger partial charge in [-0.15, -0.1) is 0 Å². The molecule has 1 aliphatic carbocycles. The molecule has 4 rings (SSSR count). The summed E-state index contributed by atoms with van der Waals surface area (Å²) in [7, 11) is 0. The predicted molar refractivity (Wildman–Crippen MR) is 146 cm³/mol. The molecule has 1 aliphatic rings. The molecule has 0 unspecified atom stereocenters. The summed E-state index contributed by atoms with van der Waals surface area (Å²) >= 11 is 3.29. The lowest BCUT2D eigenvalue weighted by molar-refractivity contribution is 0.0730. The highest BCUT2D eigenvalue weighted by molar-refractivity contribution is 9.10. The van der Waals surface area contributed by atoms with Crippen LogP contribution >= 0.6 is 15.9 Å². The van der Waals surface area contributed by atoms with E-state index in [1.165, 1.54) is 12.1 Å². The predicted octanol–water partition coefficient (Wildman–Crippen LogP) is 6.29. The third kappa shape index (κ3) is 6.55. The molecule has 2 amide bonds. The largest absolute Gasteiger partial charge is 0.422 e. The van der Waals surface area contributed by atoms with E-state index in [0.717, 1.165) is 10.2 Å². The highest BCUT2D eigenvalue weighted by atomic mass is 79.9. The number of hydrogen-bond acceptors (Lipinski definition) is 6. The third-order valence-electron chi connectivity index (χ3n) is 6.04. The SMILES string of the molecule is CCCC(=O)c1ccc(F)c([C@@H]2C[C@@H]2NC(=O)Nc2ccc(Br)cn2)c1OC(=O)c1cccc(NCC)c1. The van der Waals surface area contributed by atoms with E-state index in [-0.39, 0.29) is 34.6 Å². The molecule has 2 atom stereocenters. The zero-order valence-corrected chi connectivity index (χ0v) is 22.6. The standard InChI is InChI=1S/C28H28BrFN4O4/c1-3-6-23(35)19-10-11-21(30)25(26(19)38-27(36)16-7-5-8-18(13-16)31-4-2)20-14-22(20)33-28(37)34-24-12-9-17(29)15-32-24/h5,7-13,15,20,22,31H,3-4,6,14H2,1-2H3,(H2,32,33,34,37)/t20-,22+/m1/s1. The Morgan fingerprint density at radius 1 is 1.13 bits per heavy atom. The molecule has 0 spiro atoms. The van der Waals surface area contributed by atoms with Crippen molar-refractivity contribution in [2.45, 2.75) is 45.1 Å². The number of nitrogens with one attached hydrogen (secondary N) is 3. The van der Waals surface area contributed by atoms with E-state index in [1.54, 1.807) is 36.5 Å². The van der Waals surface area contributed by atoms with Crippen LogP contribution in [-0.2, 0) is 0 Å². The van der Waals surface area contributed by atoms with E-state index in [4.69, 9.17) is 4.74 Å². The summed E-state index contributed by atoms with van der Waals surface area (Å²) in [5.74, 6) is -1.76. The van der Waals surface area contributed by atoms with Crippen molar-refractivity contribution in [2.24, 2.45) is 0 Å². The third-order valence-corrected chi connectivity index (χ3v) is 6.51. The Morgan fingerprint density at radius 3 is 2.66 bits per heavy atom. The number of rotatable bonds is 10. The van der Waals surface area contributed by atoms with E-state index in [1.807, 2.05) is 19.9 Å². The van der Waals surface area contributed by atoms with Gasteiger partial charge in [0, 0.05) is 46.8 Å². The number of pyridine rings is 1. The number of hydrogen-bond donors (Lipinski definition) is 3. The highest BCUT2D eigenvalue weighted by Crippen LogP contribution is 2.47. The summed E-state index contributed by atoms with van der Waals surface area (Å²) in [5.41, 5.74) is 1.25. The van der Waals surface area contributed by atoms with Gasteiger partial charge < -0.3 is 15.4 Å². The minimum absolute atomic E-state index is 0.0911. The number of amides is 2. The number of carbonyl (C=O) groups is 3. The van der Waals surface area contributed by atoms with Crippen LogP contribution in [0.1, 0.15) is 65.3 Å².